The summed E-state index contributed by atoms with van der Waals surface area (Å²) in [6, 6.07) is 0. The van der Waals surface area contributed by atoms with Gasteiger partial charge in [0.05, 0.1) is 11.2 Å². The minimum Gasteiger partial charge on any atom is -0.330 e. The number of aldehydes is 1. The van der Waals surface area contributed by atoms with E-state index in [-0.39, 0.29) is 11.1 Å². The molecule has 0 aliphatic heterocycles. The topological polar surface area (TPSA) is 60.2 Å². The van der Waals surface area contributed by atoms with Gasteiger partial charge in [0.15, 0.2) is 5.78 Å². The van der Waals surface area contributed by atoms with Crippen molar-refractivity contribution in [1.29, 1.82) is 0 Å². The maximum atomic E-state index is 11.0. The summed E-state index contributed by atoms with van der Waals surface area (Å²) in [7, 11) is 0. The lowest BCUT2D eigenvalue weighted by atomic mass is 10.00. The summed E-state index contributed by atoms with van der Waals surface area (Å²) in [5, 5.41) is 0.263. The third-order valence-corrected chi connectivity index (χ3v) is 2.23. The molecule has 0 aromatic heterocycles. The molecule has 0 amide bonds. The van der Waals surface area contributed by atoms with Gasteiger partial charge in [0.25, 0.3) is 0 Å². The number of carbonyl (C=O) groups excluding carboxylic acids is 2. The third-order valence-electron chi connectivity index (χ3n) is 1.68. The van der Waals surface area contributed by atoms with E-state index >= 15 is 0 Å². The van der Waals surface area contributed by atoms with E-state index in [4.69, 9.17) is 5.73 Å². The molecule has 0 bridgehead atoms. The number of unbranched alkanes of at least 4 members (excludes halogenated alkanes) is 1. The van der Waals surface area contributed by atoms with Crippen molar-refractivity contribution >= 4 is 28.0 Å². The first-order valence-corrected chi connectivity index (χ1v) is 5.12. The lowest BCUT2D eigenvalue weighted by molar-refractivity contribution is -0.125. The molecule has 1 unspecified atom stereocenters. The Balaban J connectivity index is 3.67. The summed E-state index contributed by atoms with van der Waals surface area (Å²) in [5.74, 6) is -0.474. The molecule has 3 nitrogen and oxygen atoms in total. The first-order chi connectivity index (χ1) is 5.76. The van der Waals surface area contributed by atoms with Crippen LogP contribution in [-0.4, -0.2) is 23.9 Å². The standard InChI is InChI=1S/C8H14BrNO2/c9-5-8(12)7(6-11)3-1-2-4-10/h6-7H,1-5,10H2. The quantitative estimate of drug-likeness (QED) is 0.309. The van der Waals surface area contributed by atoms with Crippen LogP contribution in [0.1, 0.15) is 19.3 Å². The molecule has 0 spiro atoms. The van der Waals surface area contributed by atoms with Crippen LogP contribution >= 0.6 is 15.9 Å². The fourth-order valence-corrected chi connectivity index (χ4v) is 1.33. The lowest BCUT2D eigenvalue weighted by Crippen LogP contribution is -2.17. The third kappa shape index (κ3) is 4.62. The first kappa shape index (κ1) is 11.8. The van der Waals surface area contributed by atoms with Gasteiger partial charge in [-0.2, -0.15) is 0 Å². The van der Waals surface area contributed by atoms with Gasteiger partial charge in [-0.1, -0.05) is 22.4 Å². The van der Waals surface area contributed by atoms with E-state index in [2.05, 4.69) is 15.9 Å². The minimum absolute atomic E-state index is 0.0398. The summed E-state index contributed by atoms with van der Waals surface area (Å²) in [6.45, 7) is 0.619. The smallest absolute Gasteiger partial charge is 0.153 e. The molecular weight excluding hydrogens is 222 g/mol. The molecule has 0 aliphatic carbocycles. The Kier molecular flexibility index (Phi) is 7.29. The summed E-state index contributed by atoms with van der Waals surface area (Å²) in [5.41, 5.74) is 5.28. The number of Topliss-reactive ketones (excluding diaryl/α,β-unsaturated/α-hetero) is 1. The molecule has 0 saturated heterocycles. The number of hydrogen-bond donors (Lipinski definition) is 1. The van der Waals surface area contributed by atoms with Crippen molar-refractivity contribution in [2.45, 2.75) is 19.3 Å². The Morgan fingerprint density at radius 1 is 1.50 bits per heavy atom. The Morgan fingerprint density at radius 3 is 2.58 bits per heavy atom. The molecule has 0 rings (SSSR count). The van der Waals surface area contributed by atoms with E-state index in [1.54, 1.807) is 0 Å². The van der Waals surface area contributed by atoms with E-state index in [9.17, 15) is 9.59 Å². The molecular formula is C8H14BrNO2. The summed E-state index contributed by atoms with van der Waals surface area (Å²) < 4.78 is 0. The predicted molar refractivity (Wildman–Crippen MR) is 51.3 cm³/mol. The zero-order valence-electron chi connectivity index (χ0n) is 6.96. The van der Waals surface area contributed by atoms with Crippen molar-refractivity contribution in [3.8, 4) is 0 Å². The highest BCUT2D eigenvalue weighted by Gasteiger charge is 2.14. The van der Waals surface area contributed by atoms with Gasteiger partial charge in [-0.15, -0.1) is 0 Å². The minimum atomic E-state index is -0.434. The van der Waals surface area contributed by atoms with E-state index in [0.29, 0.717) is 13.0 Å². The Hall–Kier alpha value is -0.220. The van der Waals surface area contributed by atoms with Crippen LogP contribution in [-0.2, 0) is 9.59 Å². The zero-order valence-corrected chi connectivity index (χ0v) is 8.55. The SMILES string of the molecule is NCCCCC(C=O)C(=O)CBr. The van der Waals surface area contributed by atoms with Gasteiger partial charge < -0.3 is 10.5 Å². The van der Waals surface area contributed by atoms with Crippen LogP contribution in [0.25, 0.3) is 0 Å². The second-order valence-corrected chi connectivity index (χ2v) is 3.19. The normalized spacial score (nSPS) is 12.5. The van der Waals surface area contributed by atoms with Crippen molar-refractivity contribution in [2.75, 3.05) is 11.9 Å². The van der Waals surface area contributed by atoms with Gasteiger partial charge in [0, 0.05) is 0 Å². The molecule has 12 heavy (non-hydrogen) atoms. The number of nitrogens with two attached hydrogens (primary N) is 1. The average molecular weight is 236 g/mol. The van der Waals surface area contributed by atoms with Crippen molar-refractivity contribution < 1.29 is 9.59 Å². The van der Waals surface area contributed by atoms with Gasteiger partial charge >= 0.3 is 0 Å². The highest BCUT2D eigenvalue weighted by Crippen LogP contribution is 2.08. The first-order valence-electron chi connectivity index (χ1n) is 4.00. The molecule has 1 atom stereocenters. The van der Waals surface area contributed by atoms with E-state index < -0.39 is 5.92 Å². The number of halogens is 1. The molecule has 4 heteroatoms. The van der Waals surface area contributed by atoms with Gasteiger partial charge in [-0.05, 0) is 19.4 Å². The zero-order chi connectivity index (χ0) is 9.40. The van der Waals surface area contributed by atoms with Gasteiger partial charge in [0.2, 0.25) is 0 Å². The lowest BCUT2D eigenvalue weighted by Gasteiger charge is -2.05. The number of alkyl halides is 1. The molecule has 0 saturated carbocycles. The molecule has 70 valence electrons. The number of hydrogen-bond acceptors (Lipinski definition) is 3. The Morgan fingerprint density at radius 2 is 2.17 bits per heavy atom. The number of rotatable bonds is 7. The van der Waals surface area contributed by atoms with Gasteiger partial charge in [-0.25, -0.2) is 0 Å². The van der Waals surface area contributed by atoms with Crippen LogP contribution in [0.2, 0.25) is 0 Å². The van der Waals surface area contributed by atoms with Crippen LogP contribution in [0.15, 0.2) is 0 Å². The maximum absolute atomic E-state index is 11.0. The summed E-state index contributed by atoms with van der Waals surface area (Å²) >= 11 is 3.03. The van der Waals surface area contributed by atoms with Gasteiger partial charge in [-0.3, -0.25) is 4.79 Å². The van der Waals surface area contributed by atoms with Crippen LogP contribution in [0.3, 0.4) is 0 Å². The van der Waals surface area contributed by atoms with Crippen LogP contribution in [0.5, 0.6) is 0 Å². The fraction of sp³-hybridized carbons (Fsp3) is 0.750. The molecule has 0 radical (unpaired) electrons. The van der Waals surface area contributed by atoms with E-state index in [1.165, 1.54) is 0 Å². The van der Waals surface area contributed by atoms with Crippen molar-refractivity contribution in [3.05, 3.63) is 0 Å². The Bertz CT molecular complexity index is 150. The van der Waals surface area contributed by atoms with Crippen LogP contribution in [0.4, 0.5) is 0 Å². The van der Waals surface area contributed by atoms with E-state index in [0.717, 1.165) is 19.1 Å². The Labute approximate surface area is 80.8 Å². The van der Waals surface area contributed by atoms with Gasteiger partial charge in [0.1, 0.15) is 6.29 Å². The highest BCUT2D eigenvalue weighted by molar-refractivity contribution is 9.09. The van der Waals surface area contributed by atoms with Crippen molar-refractivity contribution in [2.24, 2.45) is 11.7 Å². The molecule has 0 aromatic carbocycles. The number of ketones is 1. The molecule has 0 aliphatic rings. The second-order valence-electron chi connectivity index (χ2n) is 2.63. The largest absolute Gasteiger partial charge is 0.330 e. The second kappa shape index (κ2) is 7.43. The molecule has 0 heterocycles. The monoisotopic (exact) mass is 235 g/mol. The van der Waals surface area contributed by atoms with Crippen LogP contribution in [0, 0.1) is 5.92 Å². The maximum Gasteiger partial charge on any atom is 0.153 e. The molecule has 0 aromatic rings. The van der Waals surface area contributed by atoms with Crippen molar-refractivity contribution in [1.82, 2.24) is 0 Å². The summed E-state index contributed by atoms with van der Waals surface area (Å²) in [4.78, 5) is 21.5. The highest BCUT2D eigenvalue weighted by atomic mass is 79.9. The average Bonchev–Trinajstić information content (AvgIpc) is 2.11. The molecule has 0 fully saturated rings. The fourth-order valence-electron chi connectivity index (χ4n) is 0.913. The van der Waals surface area contributed by atoms with E-state index in [1.807, 2.05) is 0 Å². The summed E-state index contributed by atoms with van der Waals surface area (Å²) in [6.07, 6.45) is 3.07. The van der Waals surface area contributed by atoms with Crippen molar-refractivity contribution in [3.63, 3.8) is 0 Å². The van der Waals surface area contributed by atoms with Crippen LogP contribution < -0.4 is 5.73 Å². The predicted octanol–water partition coefficient (Wildman–Crippen LogP) is 0.894. The molecule has 2 N–H and O–H groups in total. The number of carbonyl (C=O) groups is 2.